The minimum atomic E-state index is 1.28. The van der Waals surface area contributed by atoms with Gasteiger partial charge in [0.25, 0.3) is 0 Å². The average Bonchev–Trinajstić information content (AvgIpc) is 2.21. The van der Waals surface area contributed by atoms with E-state index in [0.29, 0.717) is 0 Å². The maximum Gasteiger partial charge on any atom is -0.00260 e. The van der Waals surface area contributed by atoms with Gasteiger partial charge in [0.15, 0.2) is 0 Å². The van der Waals surface area contributed by atoms with Crippen molar-refractivity contribution in [3.05, 3.63) is 11.0 Å². The first-order valence-corrected chi connectivity index (χ1v) is 7.15. The molecule has 0 fully saturated rings. The molecule has 0 heterocycles. The Morgan fingerprint density at radius 3 is 2.29 bits per heavy atom. The number of rotatable bonds is 9. The molecule has 0 nitrogen and oxygen atoms in total. The van der Waals surface area contributed by atoms with Crippen LogP contribution in [-0.4, -0.2) is 5.75 Å². The molecule has 0 amide bonds. The molecule has 1 heteroatoms. The van der Waals surface area contributed by atoms with E-state index in [0.717, 1.165) is 0 Å². The van der Waals surface area contributed by atoms with Crippen LogP contribution in [0.5, 0.6) is 0 Å². The minimum Gasteiger partial charge on any atom is -0.131 e. The Labute approximate surface area is 94.6 Å². The SMILES string of the molecule is CCCC/C=C(\CCCC)SCCC. The lowest BCUT2D eigenvalue weighted by atomic mass is 10.2. The zero-order chi connectivity index (χ0) is 10.6. The Bertz CT molecular complexity index is 128. The minimum absolute atomic E-state index is 1.28. The van der Waals surface area contributed by atoms with E-state index in [1.165, 1.54) is 50.7 Å². The normalized spacial score (nSPS) is 12.1. The largest absolute Gasteiger partial charge is 0.131 e. The zero-order valence-electron chi connectivity index (χ0n) is 10.1. The fourth-order valence-electron chi connectivity index (χ4n) is 1.28. The predicted molar refractivity (Wildman–Crippen MR) is 69.9 cm³/mol. The van der Waals surface area contributed by atoms with Gasteiger partial charge in [-0.2, -0.15) is 0 Å². The fraction of sp³-hybridized carbons (Fsp3) is 0.846. The molecule has 0 saturated heterocycles. The van der Waals surface area contributed by atoms with Gasteiger partial charge in [-0.15, -0.1) is 11.8 Å². The molecule has 0 N–H and O–H groups in total. The van der Waals surface area contributed by atoms with Crippen molar-refractivity contribution in [3.8, 4) is 0 Å². The second-order valence-corrected chi connectivity index (χ2v) is 4.99. The molecule has 0 atom stereocenters. The Kier molecular flexibility index (Phi) is 11.2. The van der Waals surface area contributed by atoms with E-state index in [1.54, 1.807) is 4.91 Å². The van der Waals surface area contributed by atoms with E-state index in [1.807, 2.05) is 0 Å². The van der Waals surface area contributed by atoms with Crippen LogP contribution in [0.2, 0.25) is 0 Å². The van der Waals surface area contributed by atoms with Crippen LogP contribution in [0.4, 0.5) is 0 Å². The Morgan fingerprint density at radius 2 is 1.71 bits per heavy atom. The molecule has 0 aliphatic heterocycles. The lowest BCUT2D eigenvalue weighted by molar-refractivity contribution is 0.787. The molecular weight excluding hydrogens is 188 g/mol. The second kappa shape index (κ2) is 11.2. The maximum atomic E-state index is 2.47. The van der Waals surface area contributed by atoms with E-state index in [9.17, 15) is 0 Å². The molecule has 0 aromatic carbocycles. The third-order valence-electron chi connectivity index (χ3n) is 2.20. The van der Waals surface area contributed by atoms with Gasteiger partial charge in [-0.05, 0) is 36.3 Å². The highest BCUT2D eigenvalue weighted by Crippen LogP contribution is 2.23. The first-order chi connectivity index (χ1) is 6.85. The monoisotopic (exact) mass is 214 g/mol. The summed E-state index contributed by atoms with van der Waals surface area (Å²) in [5, 5.41) is 0. The number of allylic oxidation sites excluding steroid dienone is 2. The van der Waals surface area contributed by atoms with Gasteiger partial charge in [-0.3, -0.25) is 0 Å². The highest BCUT2D eigenvalue weighted by atomic mass is 32.2. The molecule has 0 bridgehead atoms. The van der Waals surface area contributed by atoms with Crippen molar-refractivity contribution in [2.75, 3.05) is 5.75 Å². The third kappa shape index (κ3) is 8.68. The van der Waals surface area contributed by atoms with Crippen molar-refractivity contribution in [3.63, 3.8) is 0 Å². The van der Waals surface area contributed by atoms with Crippen molar-refractivity contribution < 1.29 is 0 Å². The van der Waals surface area contributed by atoms with E-state index in [4.69, 9.17) is 0 Å². The van der Waals surface area contributed by atoms with Crippen LogP contribution >= 0.6 is 11.8 Å². The van der Waals surface area contributed by atoms with E-state index >= 15 is 0 Å². The maximum absolute atomic E-state index is 2.47. The van der Waals surface area contributed by atoms with Crippen molar-refractivity contribution >= 4 is 11.8 Å². The molecule has 0 spiro atoms. The van der Waals surface area contributed by atoms with Gasteiger partial charge in [0.1, 0.15) is 0 Å². The summed E-state index contributed by atoms with van der Waals surface area (Å²) in [5.41, 5.74) is 0. The fourth-order valence-corrected chi connectivity index (χ4v) is 2.28. The van der Waals surface area contributed by atoms with Gasteiger partial charge >= 0.3 is 0 Å². The molecule has 0 radical (unpaired) electrons. The van der Waals surface area contributed by atoms with Crippen LogP contribution < -0.4 is 0 Å². The Hall–Kier alpha value is 0.0900. The van der Waals surface area contributed by atoms with Gasteiger partial charge in [0, 0.05) is 0 Å². The van der Waals surface area contributed by atoms with Crippen LogP contribution in [0.15, 0.2) is 11.0 Å². The topological polar surface area (TPSA) is 0 Å². The van der Waals surface area contributed by atoms with Crippen LogP contribution in [0.25, 0.3) is 0 Å². The van der Waals surface area contributed by atoms with E-state index in [2.05, 4.69) is 38.6 Å². The highest BCUT2D eigenvalue weighted by molar-refractivity contribution is 8.03. The quantitative estimate of drug-likeness (QED) is 0.463. The molecule has 0 aliphatic rings. The van der Waals surface area contributed by atoms with Crippen LogP contribution in [0.1, 0.15) is 65.7 Å². The van der Waals surface area contributed by atoms with E-state index < -0.39 is 0 Å². The molecule has 0 rings (SSSR count). The number of thioether (sulfide) groups is 1. The molecular formula is C13H26S. The summed E-state index contributed by atoms with van der Waals surface area (Å²) in [6.45, 7) is 6.80. The first-order valence-electron chi connectivity index (χ1n) is 6.16. The van der Waals surface area contributed by atoms with Gasteiger partial charge in [0.2, 0.25) is 0 Å². The van der Waals surface area contributed by atoms with Gasteiger partial charge < -0.3 is 0 Å². The lowest BCUT2D eigenvalue weighted by Crippen LogP contribution is -1.83. The number of hydrogen-bond donors (Lipinski definition) is 0. The molecule has 0 unspecified atom stereocenters. The van der Waals surface area contributed by atoms with Crippen LogP contribution in [-0.2, 0) is 0 Å². The van der Waals surface area contributed by atoms with Crippen LogP contribution in [0.3, 0.4) is 0 Å². The summed E-state index contributed by atoms with van der Waals surface area (Å²) in [6.07, 6.45) is 11.7. The summed E-state index contributed by atoms with van der Waals surface area (Å²) >= 11 is 2.07. The summed E-state index contributed by atoms with van der Waals surface area (Å²) in [7, 11) is 0. The molecule has 0 aliphatic carbocycles. The summed E-state index contributed by atoms with van der Waals surface area (Å²) < 4.78 is 0. The second-order valence-electron chi connectivity index (χ2n) is 3.76. The van der Waals surface area contributed by atoms with Crippen molar-refractivity contribution in [2.45, 2.75) is 65.7 Å². The molecule has 0 aromatic rings. The average molecular weight is 214 g/mol. The summed E-state index contributed by atoms with van der Waals surface area (Å²) in [5.74, 6) is 1.29. The summed E-state index contributed by atoms with van der Waals surface area (Å²) in [4.78, 5) is 1.64. The molecule has 0 saturated carbocycles. The van der Waals surface area contributed by atoms with Gasteiger partial charge in [-0.1, -0.05) is 46.1 Å². The smallest absolute Gasteiger partial charge is 0.00260 e. The van der Waals surface area contributed by atoms with Crippen molar-refractivity contribution in [2.24, 2.45) is 0 Å². The lowest BCUT2D eigenvalue weighted by Gasteiger charge is -2.05. The highest BCUT2D eigenvalue weighted by Gasteiger charge is 1.96. The standard InChI is InChI=1S/C13H26S/c1-4-7-9-11-13(10-8-5-2)14-12-6-3/h11H,4-10,12H2,1-3H3/b13-11+. The number of unbranched alkanes of at least 4 members (excludes halogenated alkanes) is 3. The van der Waals surface area contributed by atoms with Crippen molar-refractivity contribution in [1.29, 1.82) is 0 Å². The Morgan fingerprint density at radius 1 is 1.00 bits per heavy atom. The van der Waals surface area contributed by atoms with Gasteiger partial charge in [-0.25, -0.2) is 0 Å². The van der Waals surface area contributed by atoms with Gasteiger partial charge in [0.05, 0.1) is 0 Å². The van der Waals surface area contributed by atoms with Crippen LogP contribution in [0, 0.1) is 0 Å². The molecule has 84 valence electrons. The first kappa shape index (κ1) is 14.1. The Balaban J connectivity index is 3.75. The summed E-state index contributed by atoms with van der Waals surface area (Å²) in [6, 6.07) is 0. The molecule has 14 heavy (non-hydrogen) atoms. The van der Waals surface area contributed by atoms with E-state index in [-0.39, 0.29) is 0 Å². The van der Waals surface area contributed by atoms with Crippen molar-refractivity contribution in [1.82, 2.24) is 0 Å². The number of hydrogen-bond acceptors (Lipinski definition) is 1. The predicted octanol–water partition coefficient (Wildman–Crippen LogP) is 5.39. The third-order valence-corrected chi connectivity index (χ3v) is 3.55. The molecule has 0 aromatic heterocycles. The zero-order valence-corrected chi connectivity index (χ0v) is 11.0.